The highest BCUT2D eigenvalue weighted by Crippen LogP contribution is 2.18. The van der Waals surface area contributed by atoms with Gasteiger partial charge in [-0.25, -0.2) is 35.3 Å². The van der Waals surface area contributed by atoms with Gasteiger partial charge >= 0.3 is 24.1 Å². The third kappa shape index (κ3) is 8.99. The number of hydrogen-bond donors (Lipinski definition) is 3. The van der Waals surface area contributed by atoms with E-state index < -0.39 is 47.7 Å². The summed E-state index contributed by atoms with van der Waals surface area (Å²) in [5.74, 6) is -1.74. The standard InChI is InChI=1S/C18H32N4O7/c1-17(2,3)28-14(25)12-8-7-10-19-22(12)16(27)21(11-9-13(23)24)20-15(26)29-18(4,5)6/h12,19H,7-11H2,1-6H3,(H,20,26)(H,23,24). The van der Waals surface area contributed by atoms with Crippen molar-refractivity contribution in [1.82, 2.24) is 20.9 Å². The van der Waals surface area contributed by atoms with Crippen LogP contribution in [0.4, 0.5) is 9.59 Å². The van der Waals surface area contributed by atoms with Crippen molar-refractivity contribution in [3.8, 4) is 0 Å². The SMILES string of the molecule is CC(C)(C)OC(=O)NN(CCC(=O)O)C(=O)N1NCCCC1C(=O)OC(C)(C)C. The second-order valence-corrected chi connectivity index (χ2v) is 8.66. The van der Waals surface area contributed by atoms with E-state index in [0.717, 1.165) is 10.0 Å². The molecule has 11 heteroatoms. The molecular weight excluding hydrogens is 384 g/mol. The van der Waals surface area contributed by atoms with Crippen molar-refractivity contribution in [2.75, 3.05) is 13.1 Å². The third-order valence-corrected chi connectivity index (χ3v) is 3.54. The Morgan fingerprint density at radius 2 is 1.69 bits per heavy atom. The van der Waals surface area contributed by atoms with Crippen LogP contribution in [0.1, 0.15) is 60.8 Å². The van der Waals surface area contributed by atoms with Gasteiger partial charge in [0.15, 0.2) is 0 Å². The summed E-state index contributed by atoms with van der Waals surface area (Å²) in [5.41, 5.74) is 3.54. The molecular formula is C18H32N4O7. The van der Waals surface area contributed by atoms with Gasteiger partial charge in [-0.3, -0.25) is 4.79 Å². The van der Waals surface area contributed by atoms with Crippen LogP contribution in [0, 0.1) is 0 Å². The number of carbonyl (C=O) groups is 4. The van der Waals surface area contributed by atoms with Crippen LogP contribution in [0.25, 0.3) is 0 Å². The Morgan fingerprint density at radius 1 is 1.10 bits per heavy atom. The highest BCUT2D eigenvalue weighted by atomic mass is 16.6. The zero-order valence-electron chi connectivity index (χ0n) is 17.9. The molecule has 1 fully saturated rings. The van der Waals surface area contributed by atoms with Crippen LogP contribution in [0.5, 0.6) is 0 Å². The fourth-order valence-electron chi connectivity index (χ4n) is 2.48. The van der Waals surface area contributed by atoms with Gasteiger partial charge in [0.1, 0.15) is 17.2 Å². The van der Waals surface area contributed by atoms with Gasteiger partial charge in [-0.15, -0.1) is 0 Å². The molecule has 1 aliphatic rings. The maximum absolute atomic E-state index is 13.0. The number of hydrogen-bond acceptors (Lipinski definition) is 7. The summed E-state index contributed by atoms with van der Waals surface area (Å²) in [6.07, 6.45) is -0.316. The van der Waals surface area contributed by atoms with Gasteiger partial charge in [-0.2, -0.15) is 0 Å². The summed E-state index contributed by atoms with van der Waals surface area (Å²) in [6.45, 7) is 10.2. The van der Waals surface area contributed by atoms with E-state index >= 15 is 0 Å². The molecule has 0 aromatic carbocycles. The minimum absolute atomic E-state index is 0.313. The molecule has 166 valence electrons. The van der Waals surface area contributed by atoms with Crippen molar-refractivity contribution in [2.24, 2.45) is 0 Å². The van der Waals surface area contributed by atoms with Gasteiger partial charge in [-0.05, 0) is 54.4 Å². The molecule has 0 aromatic rings. The Morgan fingerprint density at radius 3 is 2.21 bits per heavy atom. The molecule has 1 unspecified atom stereocenters. The summed E-state index contributed by atoms with van der Waals surface area (Å²) in [4.78, 5) is 48.6. The number of esters is 1. The molecule has 0 aromatic heterocycles. The summed E-state index contributed by atoms with van der Waals surface area (Å²) in [6, 6.07) is -1.70. The Kier molecular flexibility index (Phi) is 8.25. The number of ether oxygens (including phenoxy) is 2. The average Bonchev–Trinajstić information content (AvgIpc) is 2.54. The molecule has 11 nitrogen and oxygen atoms in total. The van der Waals surface area contributed by atoms with E-state index in [1.54, 1.807) is 41.5 Å². The normalized spacial score (nSPS) is 17.3. The number of carboxylic acids is 1. The fourth-order valence-corrected chi connectivity index (χ4v) is 2.48. The lowest BCUT2D eigenvalue weighted by Gasteiger charge is -2.38. The second-order valence-electron chi connectivity index (χ2n) is 8.66. The Bertz CT molecular complexity index is 625. The van der Waals surface area contributed by atoms with Crippen LogP contribution < -0.4 is 10.9 Å². The van der Waals surface area contributed by atoms with Crippen molar-refractivity contribution in [3.05, 3.63) is 0 Å². The molecule has 1 rings (SSSR count). The predicted octanol–water partition coefficient (Wildman–Crippen LogP) is 1.63. The van der Waals surface area contributed by atoms with E-state index in [0.29, 0.717) is 19.4 Å². The number of nitrogens with zero attached hydrogens (tertiary/aromatic N) is 2. The molecule has 0 saturated carbocycles. The molecule has 1 saturated heterocycles. The molecule has 1 aliphatic heterocycles. The topological polar surface area (TPSA) is 138 Å². The number of aliphatic carboxylic acids is 1. The first kappa shape index (κ1) is 24.5. The van der Waals surface area contributed by atoms with Crippen LogP contribution in [0.3, 0.4) is 0 Å². The quantitative estimate of drug-likeness (QED) is 0.464. The Labute approximate surface area is 170 Å². The Balaban J connectivity index is 2.99. The summed E-state index contributed by atoms with van der Waals surface area (Å²) >= 11 is 0. The Hall–Kier alpha value is -2.56. The van der Waals surface area contributed by atoms with Gasteiger partial charge in [0, 0.05) is 6.54 Å². The van der Waals surface area contributed by atoms with Gasteiger partial charge in [0.05, 0.1) is 13.0 Å². The maximum atomic E-state index is 13.0. The monoisotopic (exact) mass is 416 g/mol. The van der Waals surface area contributed by atoms with E-state index in [1.807, 2.05) is 0 Å². The van der Waals surface area contributed by atoms with Crippen LogP contribution in [0.2, 0.25) is 0 Å². The van der Waals surface area contributed by atoms with Crippen molar-refractivity contribution in [3.63, 3.8) is 0 Å². The number of nitrogens with one attached hydrogen (secondary N) is 2. The molecule has 1 atom stereocenters. The highest BCUT2D eigenvalue weighted by Gasteiger charge is 2.38. The maximum Gasteiger partial charge on any atom is 0.426 e. The number of carbonyl (C=O) groups excluding carboxylic acids is 3. The number of hydrazine groups is 2. The largest absolute Gasteiger partial charge is 0.481 e. The fraction of sp³-hybridized carbons (Fsp3) is 0.778. The molecule has 0 bridgehead atoms. The smallest absolute Gasteiger partial charge is 0.426 e. The first-order valence-electron chi connectivity index (χ1n) is 9.48. The molecule has 29 heavy (non-hydrogen) atoms. The van der Waals surface area contributed by atoms with Crippen molar-refractivity contribution in [2.45, 2.75) is 78.0 Å². The lowest BCUT2D eigenvalue weighted by Crippen LogP contribution is -2.63. The van der Waals surface area contributed by atoms with Gasteiger partial charge < -0.3 is 14.6 Å². The number of rotatable bonds is 4. The number of carboxylic acid groups (broad SMARTS) is 1. The van der Waals surface area contributed by atoms with E-state index in [4.69, 9.17) is 14.6 Å². The molecule has 3 N–H and O–H groups in total. The van der Waals surface area contributed by atoms with E-state index in [-0.39, 0.29) is 6.54 Å². The third-order valence-electron chi connectivity index (χ3n) is 3.54. The van der Waals surface area contributed by atoms with Crippen molar-refractivity contribution < 1.29 is 33.8 Å². The molecule has 0 aliphatic carbocycles. The van der Waals surface area contributed by atoms with E-state index in [9.17, 15) is 19.2 Å². The lowest BCUT2D eigenvalue weighted by molar-refractivity contribution is -0.163. The second kappa shape index (κ2) is 9.77. The summed E-state index contributed by atoms with van der Waals surface area (Å²) in [7, 11) is 0. The van der Waals surface area contributed by atoms with Crippen LogP contribution in [-0.4, -0.2) is 69.5 Å². The number of amides is 3. The van der Waals surface area contributed by atoms with Crippen LogP contribution >= 0.6 is 0 Å². The zero-order chi connectivity index (χ0) is 22.4. The van der Waals surface area contributed by atoms with E-state index in [2.05, 4.69) is 10.9 Å². The van der Waals surface area contributed by atoms with Gasteiger partial charge in [0.2, 0.25) is 0 Å². The summed E-state index contributed by atoms with van der Waals surface area (Å²) in [5, 5.41) is 10.8. The van der Waals surface area contributed by atoms with Crippen LogP contribution in [0.15, 0.2) is 0 Å². The minimum atomic E-state index is -1.15. The van der Waals surface area contributed by atoms with Gasteiger partial charge in [-0.1, -0.05) is 0 Å². The van der Waals surface area contributed by atoms with Crippen LogP contribution in [-0.2, 0) is 19.1 Å². The predicted molar refractivity (Wildman–Crippen MR) is 102 cm³/mol. The minimum Gasteiger partial charge on any atom is -0.481 e. The molecule has 3 amide bonds. The van der Waals surface area contributed by atoms with E-state index in [1.165, 1.54) is 0 Å². The molecule has 1 heterocycles. The number of urea groups is 1. The first-order valence-corrected chi connectivity index (χ1v) is 9.48. The first-order chi connectivity index (χ1) is 13.2. The molecule has 0 spiro atoms. The van der Waals surface area contributed by atoms with Crippen molar-refractivity contribution in [1.29, 1.82) is 0 Å². The summed E-state index contributed by atoms with van der Waals surface area (Å²) < 4.78 is 10.5. The highest BCUT2D eigenvalue weighted by molar-refractivity contribution is 5.85. The lowest BCUT2D eigenvalue weighted by atomic mass is 10.1. The van der Waals surface area contributed by atoms with Crippen molar-refractivity contribution >= 4 is 24.1 Å². The van der Waals surface area contributed by atoms with Gasteiger partial charge in [0.25, 0.3) is 0 Å². The zero-order valence-corrected chi connectivity index (χ0v) is 17.9. The molecule has 0 radical (unpaired) electrons. The average molecular weight is 416 g/mol.